The molecule has 0 radical (unpaired) electrons. The molecule has 2 aromatic rings. The van der Waals surface area contributed by atoms with Crippen molar-refractivity contribution in [1.82, 2.24) is 20.0 Å². The van der Waals surface area contributed by atoms with Crippen LogP contribution in [0.4, 0.5) is 9.18 Å². The quantitative estimate of drug-likeness (QED) is 0.717. The molecule has 1 aromatic carbocycles. The summed E-state index contributed by atoms with van der Waals surface area (Å²) >= 11 is 0. The molecule has 172 valence electrons. The molecule has 0 aliphatic carbocycles. The highest BCUT2D eigenvalue weighted by atomic mass is 19.1. The van der Waals surface area contributed by atoms with Gasteiger partial charge in [-0.05, 0) is 63.6 Å². The molecule has 8 nitrogen and oxygen atoms in total. The van der Waals surface area contributed by atoms with Crippen molar-refractivity contribution in [2.45, 2.75) is 63.9 Å². The fourth-order valence-corrected chi connectivity index (χ4v) is 4.54. The van der Waals surface area contributed by atoms with Gasteiger partial charge in [-0.2, -0.15) is 5.10 Å². The number of hydrogen-bond acceptors (Lipinski definition) is 5. The van der Waals surface area contributed by atoms with Crippen LogP contribution in [-0.2, 0) is 21.4 Å². The Labute approximate surface area is 186 Å². The van der Waals surface area contributed by atoms with Crippen molar-refractivity contribution < 1.29 is 23.5 Å². The van der Waals surface area contributed by atoms with Crippen LogP contribution in [0.3, 0.4) is 0 Å². The van der Waals surface area contributed by atoms with Crippen LogP contribution in [0.25, 0.3) is 10.9 Å². The zero-order chi connectivity index (χ0) is 23.2. The average molecular weight is 445 g/mol. The van der Waals surface area contributed by atoms with Gasteiger partial charge in [0.05, 0.1) is 17.1 Å². The van der Waals surface area contributed by atoms with Crippen LogP contribution in [0.15, 0.2) is 12.1 Å². The maximum Gasteiger partial charge on any atom is 0.410 e. The second-order valence-electron chi connectivity index (χ2n) is 9.65. The first-order valence-corrected chi connectivity index (χ1v) is 11.0. The van der Waals surface area contributed by atoms with Crippen molar-refractivity contribution >= 4 is 28.8 Å². The first-order chi connectivity index (χ1) is 15.0. The van der Waals surface area contributed by atoms with Gasteiger partial charge in [-0.3, -0.25) is 19.6 Å². The minimum atomic E-state index is -0.571. The number of amides is 3. The van der Waals surface area contributed by atoms with Gasteiger partial charge in [0.1, 0.15) is 11.4 Å². The fraction of sp³-hybridized carbons (Fsp3) is 0.565. The van der Waals surface area contributed by atoms with E-state index in [4.69, 9.17) is 4.74 Å². The molecule has 1 aromatic heterocycles. The lowest BCUT2D eigenvalue weighted by Crippen LogP contribution is -2.41. The summed E-state index contributed by atoms with van der Waals surface area (Å²) in [6, 6.07) is 3.26. The third-order valence-electron chi connectivity index (χ3n) is 6.15. The van der Waals surface area contributed by atoms with E-state index in [2.05, 4.69) is 10.4 Å². The van der Waals surface area contributed by atoms with Gasteiger partial charge in [0.25, 0.3) is 0 Å². The number of imide groups is 1. The van der Waals surface area contributed by atoms with Crippen molar-refractivity contribution in [2.75, 3.05) is 13.1 Å². The Morgan fingerprint density at radius 1 is 1.19 bits per heavy atom. The molecule has 4 rings (SSSR count). The maximum absolute atomic E-state index is 15.2. The van der Waals surface area contributed by atoms with Gasteiger partial charge in [-0.25, -0.2) is 9.18 Å². The van der Waals surface area contributed by atoms with Gasteiger partial charge in [-0.1, -0.05) is 0 Å². The number of halogens is 1. The summed E-state index contributed by atoms with van der Waals surface area (Å²) in [5.41, 5.74) is 1.29. The molecule has 0 spiro atoms. The zero-order valence-corrected chi connectivity index (χ0v) is 18.9. The topological polar surface area (TPSA) is 93.5 Å². The van der Waals surface area contributed by atoms with E-state index in [-0.39, 0.29) is 36.1 Å². The Bertz CT molecular complexity index is 1080. The number of ether oxygens (including phenoxy) is 1. The lowest BCUT2D eigenvalue weighted by atomic mass is 9.87. The smallest absolute Gasteiger partial charge is 0.410 e. The summed E-state index contributed by atoms with van der Waals surface area (Å²) in [5, 5.41) is 7.43. The number of likely N-dealkylation sites (tertiary alicyclic amines) is 1. The van der Waals surface area contributed by atoms with Crippen LogP contribution >= 0.6 is 0 Å². The van der Waals surface area contributed by atoms with E-state index < -0.39 is 11.5 Å². The van der Waals surface area contributed by atoms with Gasteiger partial charge in [0.2, 0.25) is 11.8 Å². The summed E-state index contributed by atoms with van der Waals surface area (Å²) in [4.78, 5) is 37.8. The highest BCUT2D eigenvalue weighted by Gasteiger charge is 2.33. The van der Waals surface area contributed by atoms with Gasteiger partial charge in [-0.15, -0.1) is 0 Å². The normalized spacial score (nSPS) is 20.5. The number of carbonyl (C=O) groups is 3. The van der Waals surface area contributed by atoms with Gasteiger partial charge < -0.3 is 9.64 Å². The monoisotopic (exact) mass is 444 g/mol. The summed E-state index contributed by atoms with van der Waals surface area (Å²) in [6.45, 7) is 6.51. The average Bonchev–Trinajstić information content (AvgIpc) is 3.01. The molecule has 2 saturated heterocycles. The molecule has 3 amide bonds. The van der Waals surface area contributed by atoms with E-state index in [9.17, 15) is 14.4 Å². The molecule has 3 heterocycles. The van der Waals surface area contributed by atoms with Gasteiger partial charge >= 0.3 is 6.09 Å². The Morgan fingerprint density at radius 2 is 1.88 bits per heavy atom. The van der Waals surface area contributed by atoms with Crippen molar-refractivity contribution in [3.05, 3.63) is 29.2 Å². The first-order valence-electron chi connectivity index (χ1n) is 11.0. The molecule has 32 heavy (non-hydrogen) atoms. The summed E-state index contributed by atoms with van der Waals surface area (Å²) in [5.74, 6) is -1.61. The predicted molar refractivity (Wildman–Crippen MR) is 116 cm³/mol. The third kappa shape index (κ3) is 4.33. The number of piperidine rings is 2. The highest BCUT2D eigenvalue weighted by Crippen LogP contribution is 2.36. The van der Waals surface area contributed by atoms with Crippen molar-refractivity contribution in [3.63, 3.8) is 0 Å². The van der Waals surface area contributed by atoms with Crippen molar-refractivity contribution in [1.29, 1.82) is 0 Å². The van der Waals surface area contributed by atoms with Gasteiger partial charge in [0, 0.05) is 31.9 Å². The second-order valence-corrected chi connectivity index (χ2v) is 9.65. The first kappa shape index (κ1) is 22.2. The highest BCUT2D eigenvalue weighted by molar-refractivity contribution is 6.02. The lowest BCUT2D eigenvalue weighted by molar-refractivity contribution is -0.134. The van der Waals surface area contributed by atoms with E-state index >= 15 is 4.39 Å². The molecule has 1 unspecified atom stereocenters. The SMILES string of the molecule is Cn1nc(C2CCC(=O)NC2=O)c2cc(F)c(C3CCN(C(=O)OC(C)(C)C)CC3)cc21. The molecule has 2 fully saturated rings. The molecule has 0 bridgehead atoms. The van der Waals surface area contributed by atoms with Crippen molar-refractivity contribution in [3.8, 4) is 0 Å². The number of rotatable bonds is 2. The molecular formula is C23H29FN4O4. The van der Waals surface area contributed by atoms with Crippen LogP contribution < -0.4 is 5.32 Å². The van der Waals surface area contributed by atoms with E-state index in [1.807, 2.05) is 20.8 Å². The minimum Gasteiger partial charge on any atom is -0.444 e. The van der Waals surface area contributed by atoms with E-state index in [1.54, 1.807) is 22.7 Å². The van der Waals surface area contributed by atoms with Crippen LogP contribution in [-0.4, -0.2) is 51.3 Å². The minimum absolute atomic E-state index is 0.0213. The Balaban J connectivity index is 1.55. The third-order valence-corrected chi connectivity index (χ3v) is 6.15. The molecular weight excluding hydrogens is 415 g/mol. The second kappa shape index (κ2) is 8.18. The standard InChI is InChI=1S/C23H29FN4O4/c1-23(2,3)32-22(31)28-9-7-13(8-10-28)15-12-18-16(11-17(15)24)20(26-27(18)4)14-5-6-19(29)25-21(14)30/h11-14H,5-10H2,1-4H3,(H,25,29,30). The summed E-state index contributed by atoms with van der Waals surface area (Å²) in [7, 11) is 1.77. The number of hydrogen-bond donors (Lipinski definition) is 1. The molecule has 2 aliphatic heterocycles. The molecule has 9 heteroatoms. The predicted octanol–water partition coefficient (Wildman–Crippen LogP) is 3.35. The van der Waals surface area contributed by atoms with Crippen LogP contribution in [0.5, 0.6) is 0 Å². The van der Waals surface area contributed by atoms with Crippen LogP contribution in [0.2, 0.25) is 0 Å². The Kier molecular flexibility index (Phi) is 5.68. The van der Waals surface area contributed by atoms with E-state index in [0.29, 0.717) is 49.0 Å². The molecule has 1 atom stereocenters. The summed E-state index contributed by atoms with van der Waals surface area (Å²) < 4.78 is 22.3. The van der Waals surface area contributed by atoms with E-state index in [1.165, 1.54) is 6.07 Å². The number of benzene rings is 1. The van der Waals surface area contributed by atoms with E-state index in [0.717, 1.165) is 5.52 Å². The zero-order valence-electron chi connectivity index (χ0n) is 18.9. The largest absolute Gasteiger partial charge is 0.444 e. The number of nitrogens with zero attached hydrogens (tertiary/aromatic N) is 3. The van der Waals surface area contributed by atoms with Crippen LogP contribution in [0.1, 0.15) is 69.5 Å². The molecule has 2 aliphatic rings. The Morgan fingerprint density at radius 3 is 2.50 bits per heavy atom. The molecule has 1 N–H and O–H groups in total. The van der Waals surface area contributed by atoms with Crippen molar-refractivity contribution in [2.24, 2.45) is 7.05 Å². The number of fused-ring (bicyclic) bond motifs is 1. The maximum atomic E-state index is 15.2. The molecule has 0 saturated carbocycles. The lowest BCUT2D eigenvalue weighted by Gasteiger charge is -2.33. The Hall–Kier alpha value is -2.97. The number of aryl methyl sites for hydroxylation is 1. The summed E-state index contributed by atoms with van der Waals surface area (Å²) in [6.07, 6.45) is 1.54. The van der Waals surface area contributed by atoms with Crippen LogP contribution in [0, 0.1) is 5.82 Å². The number of aromatic nitrogens is 2. The fourth-order valence-electron chi connectivity index (χ4n) is 4.54. The van der Waals surface area contributed by atoms with Gasteiger partial charge in [0.15, 0.2) is 0 Å². The number of nitrogens with one attached hydrogen (secondary N) is 1. The number of carbonyl (C=O) groups excluding carboxylic acids is 3.